The predicted molar refractivity (Wildman–Crippen MR) is 88.9 cm³/mol. The Morgan fingerprint density at radius 1 is 1.20 bits per heavy atom. The fourth-order valence-electron chi connectivity index (χ4n) is 2.36. The second-order valence-electron chi connectivity index (χ2n) is 7.57. The van der Waals surface area contributed by atoms with Gasteiger partial charge >= 0.3 is 0 Å². The number of hydrogen-bond acceptors (Lipinski definition) is 2. The van der Waals surface area contributed by atoms with Crippen LogP contribution in [0.3, 0.4) is 0 Å². The van der Waals surface area contributed by atoms with Crippen LogP contribution in [0.15, 0.2) is 24.3 Å². The van der Waals surface area contributed by atoms with Gasteiger partial charge in [-0.05, 0) is 67.7 Å². The molecule has 0 aromatic heterocycles. The van der Waals surface area contributed by atoms with E-state index in [1.54, 1.807) is 0 Å². The first-order valence-electron chi connectivity index (χ1n) is 7.77. The van der Waals surface area contributed by atoms with Crippen LogP contribution in [0.1, 0.15) is 32.8 Å². The van der Waals surface area contributed by atoms with E-state index in [0.29, 0.717) is 0 Å². The van der Waals surface area contributed by atoms with Gasteiger partial charge in [-0.25, -0.2) is 0 Å². The summed E-state index contributed by atoms with van der Waals surface area (Å²) in [6.45, 7) is 13.8. The molecule has 112 valence electrons. The zero-order valence-corrected chi connectivity index (χ0v) is 14.6. The van der Waals surface area contributed by atoms with Gasteiger partial charge in [0.25, 0.3) is 0 Å². The van der Waals surface area contributed by atoms with Crippen molar-refractivity contribution in [2.75, 3.05) is 13.1 Å². The van der Waals surface area contributed by atoms with Crippen LogP contribution < -0.4 is 9.74 Å². The monoisotopic (exact) mass is 291 g/mol. The average Bonchev–Trinajstić information content (AvgIpc) is 2.83. The minimum absolute atomic E-state index is 0.251. The normalized spacial score (nSPS) is 20.1. The molecule has 1 aromatic rings. The van der Waals surface area contributed by atoms with Crippen LogP contribution in [0.5, 0.6) is 5.75 Å². The SMILES string of the molecule is CC(C)(C)[Si](C)(C)Oc1ccc(CC2CCNC2)cc1. The molecule has 1 aliphatic rings. The highest BCUT2D eigenvalue weighted by atomic mass is 28.4. The maximum Gasteiger partial charge on any atom is 0.250 e. The van der Waals surface area contributed by atoms with Crippen LogP contribution in [0.4, 0.5) is 0 Å². The first-order chi connectivity index (χ1) is 9.28. The van der Waals surface area contributed by atoms with E-state index in [9.17, 15) is 0 Å². The lowest BCUT2D eigenvalue weighted by molar-refractivity contribution is 0.491. The van der Waals surface area contributed by atoms with Crippen LogP contribution in [-0.4, -0.2) is 21.4 Å². The molecular weight excluding hydrogens is 262 g/mol. The molecule has 0 aliphatic carbocycles. The lowest BCUT2D eigenvalue weighted by atomic mass is 9.99. The summed E-state index contributed by atoms with van der Waals surface area (Å²) < 4.78 is 6.32. The van der Waals surface area contributed by atoms with Gasteiger partial charge in [0.05, 0.1) is 0 Å². The van der Waals surface area contributed by atoms with Crippen molar-refractivity contribution in [1.82, 2.24) is 5.32 Å². The molecule has 1 aromatic carbocycles. The third-order valence-corrected chi connectivity index (χ3v) is 9.15. The molecule has 0 saturated carbocycles. The third-order valence-electron chi connectivity index (χ3n) is 4.79. The van der Waals surface area contributed by atoms with E-state index in [2.05, 4.69) is 63.4 Å². The fourth-order valence-corrected chi connectivity index (χ4v) is 3.39. The molecule has 0 radical (unpaired) electrons. The molecule has 1 N–H and O–H groups in total. The molecular formula is C17H29NOSi. The fraction of sp³-hybridized carbons (Fsp3) is 0.647. The molecule has 0 bridgehead atoms. The topological polar surface area (TPSA) is 21.3 Å². The number of hydrogen-bond donors (Lipinski definition) is 1. The van der Waals surface area contributed by atoms with Gasteiger partial charge in [-0.15, -0.1) is 0 Å². The first-order valence-corrected chi connectivity index (χ1v) is 10.7. The molecule has 2 nitrogen and oxygen atoms in total. The van der Waals surface area contributed by atoms with Gasteiger partial charge in [-0.2, -0.15) is 0 Å². The van der Waals surface area contributed by atoms with E-state index >= 15 is 0 Å². The van der Waals surface area contributed by atoms with Gasteiger partial charge in [0.15, 0.2) is 0 Å². The molecule has 1 saturated heterocycles. The van der Waals surface area contributed by atoms with Crippen LogP contribution in [0.25, 0.3) is 0 Å². The zero-order valence-electron chi connectivity index (χ0n) is 13.6. The van der Waals surface area contributed by atoms with E-state index in [4.69, 9.17) is 4.43 Å². The Balaban J connectivity index is 1.97. The van der Waals surface area contributed by atoms with Crippen LogP contribution >= 0.6 is 0 Å². The lowest BCUT2D eigenvalue weighted by Gasteiger charge is -2.36. The number of benzene rings is 1. The van der Waals surface area contributed by atoms with Crippen molar-refractivity contribution in [1.29, 1.82) is 0 Å². The molecule has 2 rings (SSSR count). The average molecular weight is 292 g/mol. The largest absolute Gasteiger partial charge is 0.544 e. The number of rotatable bonds is 4. The van der Waals surface area contributed by atoms with Crippen LogP contribution in [0.2, 0.25) is 18.1 Å². The summed E-state index contributed by atoms with van der Waals surface area (Å²) in [4.78, 5) is 0. The summed E-state index contributed by atoms with van der Waals surface area (Å²) in [5, 5.41) is 3.68. The van der Waals surface area contributed by atoms with Gasteiger partial charge in [-0.1, -0.05) is 32.9 Å². The molecule has 0 spiro atoms. The Bertz CT molecular complexity index is 427. The van der Waals surface area contributed by atoms with Crippen molar-refractivity contribution >= 4 is 8.32 Å². The highest BCUT2D eigenvalue weighted by Crippen LogP contribution is 2.37. The molecule has 1 atom stereocenters. The summed E-state index contributed by atoms with van der Waals surface area (Å²) in [5.74, 6) is 1.84. The van der Waals surface area contributed by atoms with Gasteiger partial charge in [0.2, 0.25) is 8.32 Å². The maximum absolute atomic E-state index is 6.32. The maximum atomic E-state index is 6.32. The smallest absolute Gasteiger partial charge is 0.250 e. The van der Waals surface area contributed by atoms with Crippen molar-refractivity contribution in [3.63, 3.8) is 0 Å². The van der Waals surface area contributed by atoms with Crippen molar-refractivity contribution in [3.05, 3.63) is 29.8 Å². The number of nitrogens with one attached hydrogen (secondary N) is 1. The molecule has 1 unspecified atom stereocenters. The molecule has 1 heterocycles. The zero-order chi connectivity index (χ0) is 14.8. The minimum Gasteiger partial charge on any atom is -0.544 e. The summed E-state index contributed by atoms with van der Waals surface area (Å²) >= 11 is 0. The summed E-state index contributed by atoms with van der Waals surface area (Å²) in [5.41, 5.74) is 1.43. The quantitative estimate of drug-likeness (QED) is 0.839. The standard InChI is InChI=1S/C17H29NOSi/c1-17(2,3)20(4,5)19-16-8-6-14(7-9-16)12-15-10-11-18-13-15/h6-9,15,18H,10-13H2,1-5H3. The van der Waals surface area contributed by atoms with Gasteiger partial charge in [0, 0.05) is 0 Å². The van der Waals surface area contributed by atoms with Crippen molar-refractivity contribution in [3.8, 4) is 5.75 Å². The summed E-state index contributed by atoms with van der Waals surface area (Å²) in [6.07, 6.45) is 2.50. The van der Waals surface area contributed by atoms with Crippen molar-refractivity contribution in [2.45, 2.75) is 51.7 Å². The van der Waals surface area contributed by atoms with E-state index < -0.39 is 8.32 Å². The van der Waals surface area contributed by atoms with Gasteiger partial charge in [-0.3, -0.25) is 0 Å². The molecule has 20 heavy (non-hydrogen) atoms. The van der Waals surface area contributed by atoms with Crippen molar-refractivity contribution < 1.29 is 4.43 Å². The second-order valence-corrected chi connectivity index (χ2v) is 12.3. The molecule has 1 aliphatic heterocycles. The minimum atomic E-state index is -1.71. The molecule has 3 heteroatoms. The first kappa shape index (κ1) is 15.6. The highest BCUT2D eigenvalue weighted by Gasteiger charge is 2.38. The Morgan fingerprint density at radius 2 is 1.85 bits per heavy atom. The summed E-state index contributed by atoms with van der Waals surface area (Å²) in [7, 11) is -1.71. The Morgan fingerprint density at radius 3 is 2.35 bits per heavy atom. The second kappa shape index (κ2) is 5.90. The lowest BCUT2D eigenvalue weighted by Crippen LogP contribution is -2.43. The van der Waals surface area contributed by atoms with Gasteiger partial charge < -0.3 is 9.74 Å². The molecule has 0 amide bonds. The van der Waals surface area contributed by atoms with Crippen molar-refractivity contribution in [2.24, 2.45) is 5.92 Å². The third kappa shape index (κ3) is 3.86. The molecule has 1 fully saturated rings. The van der Waals surface area contributed by atoms with Crippen LogP contribution in [-0.2, 0) is 6.42 Å². The van der Waals surface area contributed by atoms with E-state index in [0.717, 1.165) is 11.7 Å². The van der Waals surface area contributed by atoms with E-state index in [1.165, 1.54) is 31.5 Å². The Kier molecular flexibility index (Phi) is 4.60. The van der Waals surface area contributed by atoms with Gasteiger partial charge in [0.1, 0.15) is 5.75 Å². The van der Waals surface area contributed by atoms with E-state index in [1.807, 2.05) is 0 Å². The Labute approximate surface area is 125 Å². The highest BCUT2D eigenvalue weighted by molar-refractivity contribution is 6.74. The van der Waals surface area contributed by atoms with Crippen LogP contribution in [0, 0.1) is 5.92 Å². The van der Waals surface area contributed by atoms with E-state index in [-0.39, 0.29) is 5.04 Å². The predicted octanol–water partition coefficient (Wildman–Crippen LogP) is 4.22. The summed E-state index contributed by atoms with van der Waals surface area (Å²) in [6, 6.07) is 8.78. The Hall–Kier alpha value is -0.803.